The number of hydrogen-bond acceptors (Lipinski definition) is 2. The van der Waals surface area contributed by atoms with E-state index in [4.69, 9.17) is 0 Å². The number of rotatable bonds is 6. The van der Waals surface area contributed by atoms with Gasteiger partial charge in [0.1, 0.15) is 0 Å². The number of nitrogens with one attached hydrogen (secondary N) is 1. The molecule has 3 rings (SSSR count). The molecule has 0 spiro atoms. The van der Waals surface area contributed by atoms with Crippen LogP contribution in [0.2, 0.25) is 0 Å². The summed E-state index contributed by atoms with van der Waals surface area (Å²) >= 11 is 0. The van der Waals surface area contributed by atoms with E-state index >= 15 is 0 Å². The van der Waals surface area contributed by atoms with Gasteiger partial charge in [0, 0.05) is 11.8 Å². The summed E-state index contributed by atoms with van der Waals surface area (Å²) in [7, 11) is 0. The molecule has 1 aromatic heterocycles. The monoisotopic (exact) mass is 289 g/mol. The minimum atomic E-state index is 0.209. The lowest BCUT2D eigenvalue weighted by Crippen LogP contribution is -2.13. The van der Waals surface area contributed by atoms with Crippen LogP contribution in [0, 0.1) is 0 Å². The zero-order valence-electron chi connectivity index (χ0n) is 12.4. The molecule has 3 nitrogen and oxygen atoms in total. The van der Waals surface area contributed by atoms with E-state index in [1.165, 1.54) is 11.1 Å². The van der Waals surface area contributed by atoms with Gasteiger partial charge in [0.2, 0.25) is 0 Å². The zero-order valence-corrected chi connectivity index (χ0v) is 12.4. The quantitative estimate of drug-likeness (QED) is 0.687. The lowest BCUT2D eigenvalue weighted by Gasteiger charge is -2.26. The van der Waals surface area contributed by atoms with Gasteiger partial charge in [-0.1, -0.05) is 66.7 Å². The fraction of sp³-hybridized carbons (Fsp3) is 0.158. The third kappa shape index (κ3) is 2.98. The van der Waals surface area contributed by atoms with Gasteiger partial charge in [0.15, 0.2) is 0 Å². The van der Waals surface area contributed by atoms with Crippen LogP contribution in [0.3, 0.4) is 0 Å². The van der Waals surface area contributed by atoms with Crippen LogP contribution in [-0.2, 0) is 0 Å². The predicted octanol–water partition coefficient (Wildman–Crippen LogP) is 4.30. The molecular weight excluding hydrogens is 270 g/mol. The molecule has 22 heavy (non-hydrogen) atoms. The van der Waals surface area contributed by atoms with Gasteiger partial charge in [-0.3, -0.25) is 0 Å². The number of aromatic nitrogens is 3. The van der Waals surface area contributed by atoms with Crippen molar-refractivity contribution in [3.63, 3.8) is 0 Å². The Bertz CT molecular complexity index is 651. The molecule has 1 N–H and O–H groups in total. The molecule has 0 aliphatic heterocycles. The largest absolute Gasteiger partial charge is 0.198 e. The molecule has 0 radical (unpaired) electrons. The van der Waals surface area contributed by atoms with Crippen LogP contribution >= 0.6 is 0 Å². The molecule has 0 saturated heterocycles. The lowest BCUT2D eigenvalue weighted by molar-refractivity contribution is 0.593. The first kappa shape index (κ1) is 14.3. The molecule has 1 unspecified atom stereocenters. The van der Waals surface area contributed by atoms with Crippen molar-refractivity contribution in [1.82, 2.24) is 15.4 Å². The second-order valence-corrected chi connectivity index (χ2v) is 5.32. The van der Waals surface area contributed by atoms with Gasteiger partial charge in [-0.2, -0.15) is 15.4 Å². The molecule has 3 aromatic rings. The first-order valence-corrected chi connectivity index (χ1v) is 7.46. The molecule has 0 bridgehead atoms. The molecule has 1 heterocycles. The van der Waals surface area contributed by atoms with E-state index in [0.29, 0.717) is 0 Å². The van der Waals surface area contributed by atoms with Gasteiger partial charge in [0.25, 0.3) is 0 Å². The van der Waals surface area contributed by atoms with E-state index < -0.39 is 0 Å². The number of hydrogen-bond donors (Lipinski definition) is 1. The maximum absolute atomic E-state index is 4.32. The van der Waals surface area contributed by atoms with E-state index in [9.17, 15) is 0 Å². The number of nitrogens with zero attached hydrogens (tertiary/aromatic N) is 2. The highest BCUT2D eigenvalue weighted by Crippen LogP contribution is 2.39. The van der Waals surface area contributed by atoms with Crippen molar-refractivity contribution < 1.29 is 0 Å². The third-order valence-electron chi connectivity index (χ3n) is 3.95. The Hall–Kier alpha value is -2.68. The molecule has 0 aliphatic rings. The summed E-state index contributed by atoms with van der Waals surface area (Å²) in [6.07, 6.45) is 4.62. The minimum absolute atomic E-state index is 0.209. The summed E-state index contributed by atoms with van der Waals surface area (Å²) in [5.41, 5.74) is 3.53. The van der Waals surface area contributed by atoms with Gasteiger partial charge in [-0.05, 0) is 17.5 Å². The van der Waals surface area contributed by atoms with Gasteiger partial charge >= 0.3 is 0 Å². The summed E-state index contributed by atoms with van der Waals surface area (Å²) in [5.74, 6) is 0.437. The first-order chi connectivity index (χ1) is 10.9. The average molecular weight is 289 g/mol. The highest BCUT2D eigenvalue weighted by Gasteiger charge is 2.27. The van der Waals surface area contributed by atoms with Gasteiger partial charge in [-0.15, -0.1) is 6.58 Å². The zero-order chi connectivity index (χ0) is 15.2. The number of aromatic amines is 1. The molecule has 0 amide bonds. The Morgan fingerprint density at radius 1 is 0.955 bits per heavy atom. The SMILES string of the molecule is C=CCC(c1cn[nH]n1)C(c1ccccc1)c1ccccc1. The number of allylic oxidation sites excluding steroid dienone is 1. The summed E-state index contributed by atoms with van der Waals surface area (Å²) in [6, 6.07) is 21.1. The van der Waals surface area contributed by atoms with Gasteiger partial charge in [0.05, 0.1) is 11.9 Å². The molecule has 0 aliphatic carbocycles. The van der Waals surface area contributed by atoms with E-state index in [-0.39, 0.29) is 11.8 Å². The van der Waals surface area contributed by atoms with Crippen molar-refractivity contribution in [1.29, 1.82) is 0 Å². The van der Waals surface area contributed by atoms with Crippen molar-refractivity contribution in [2.45, 2.75) is 18.3 Å². The first-order valence-electron chi connectivity index (χ1n) is 7.46. The Balaban J connectivity index is 2.09. The van der Waals surface area contributed by atoms with Crippen LogP contribution in [0.25, 0.3) is 0 Å². The third-order valence-corrected chi connectivity index (χ3v) is 3.95. The van der Waals surface area contributed by atoms with Crippen molar-refractivity contribution in [3.8, 4) is 0 Å². The fourth-order valence-electron chi connectivity index (χ4n) is 2.97. The van der Waals surface area contributed by atoms with Crippen LogP contribution in [-0.4, -0.2) is 15.4 Å². The van der Waals surface area contributed by atoms with Crippen molar-refractivity contribution in [2.24, 2.45) is 0 Å². The van der Waals surface area contributed by atoms with Crippen molar-refractivity contribution >= 4 is 0 Å². The van der Waals surface area contributed by atoms with Gasteiger partial charge < -0.3 is 0 Å². The minimum Gasteiger partial charge on any atom is -0.198 e. The Labute approximate surface area is 130 Å². The normalized spacial score (nSPS) is 12.2. The summed E-state index contributed by atoms with van der Waals surface area (Å²) in [4.78, 5) is 0. The molecule has 0 saturated carbocycles. The molecule has 1 atom stereocenters. The second kappa shape index (κ2) is 6.85. The van der Waals surface area contributed by atoms with E-state index in [0.717, 1.165) is 12.1 Å². The van der Waals surface area contributed by atoms with E-state index in [1.54, 1.807) is 0 Å². The Kier molecular flexibility index (Phi) is 4.44. The molecular formula is C19H19N3. The number of H-pyrrole nitrogens is 1. The molecule has 110 valence electrons. The van der Waals surface area contributed by atoms with Gasteiger partial charge in [-0.25, -0.2) is 0 Å². The predicted molar refractivity (Wildman–Crippen MR) is 88.7 cm³/mol. The highest BCUT2D eigenvalue weighted by atomic mass is 15.3. The smallest absolute Gasteiger partial charge is 0.0868 e. The molecule has 2 aromatic carbocycles. The topological polar surface area (TPSA) is 41.6 Å². The van der Waals surface area contributed by atoms with E-state index in [1.807, 2.05) is 24.4 Å². The highest BCUT2D eigenvalue weighted by molar-refractivity contribution is 5.36. The van der Waals surface area contributed by atoms with Crippen LogP contribution in [0.1, 0.15) is 35.1 Å². The van der Waals surface area contributed by atoms with Crippen LogP contribution in [0.5, 0.6) is 0 Å². The van der Waals surface area contributed by atoms with Crippen LogP contribution < -0.4 is 0 Å². The molecule has 0 fully saturated rings. The summed E-state index contributed by atoms with van der Waals surface area (Å²) in [6.45, 7) is 3.92. The lowest BCUT2D eigenvalue weighted by atomic mass is 9.77. The summed E-state index contributed by atoms with van der Waals surface area (Å²) < 4.78 is 0. The second-order valence-electron chi connectivity index (χ2n) is 5.32. The van der Waals surface area contributed by atoms with Crippen molar-refractivity contribution in [2.75, 3.05) is 0 Å². The fourth-order valence-corrected chi connectivity index (χ4v) is 2.97. The maximum atomic E-state index is 4.32. The Morgan fingerprint density at radius 3 is 2.00 bits per heavy atom. The number of benzene rings is 2. The maximum Gasteiger partial charge on any atom is 0.0868 e. The Morgan fingerprint density at radius 2 is 1.55 bits per heavy atom. The average Bonchev–Trinajstić information content (AvgIpc) is 3.11. The van der Waals surface area contributed by atoms with Crippen molar-refractivity contribution in [3.05, 3.63) is 96.3 Å². The van der Waals surface area contributed by atoms with Crippen LogP contribution in [0.15, 0.2) is 79.5 Å². The standard InChI is InChI=1S/C19H19N3/c1-2-9-17(18-14-20-22-21-18)19(15-10-5-3-6-11-15)16-12-7-4-8-13-16/h2-8,10-14,17,19H,1,9H2,(H,20,21,22). The van der Waals surface area contributed by atoms with Crippen LogP contribution in [0.4, 0.5) is 0 Å². The van der Waals surface area contributed by atoms with E-state index in [2.05, 4.69) is 70.5 Å². The molecule has 3 heteroatoms. The summed E-state index contributed by atoms with van der Waals surface area (Å²) in [5, 5.41) is 11.0.